The smallest absolute Gasteiger partial charge is 0.317 e. The SMILES string of the molecule is CC(NC(=O)N1CCC(C(N)=O)CC1)c1ccc(F)c(Cl)c1. The molecule has 0 saturated carbocycles. The van der Waals surface area contributed by atoms with Gasteiger partial charge >= 0.3 is 6.03 Å². The van der Waals surface area contributed by atoms with Gasteiger partial charge in [0.15, 0.2) is 0 Å². The van der Waals surface area contributed by atoms with E-state index in [-0.39, 0.29) is 28.9 Å². The van der Waals surface area contributed by atoms with Crippen molar-refractivity contribution >= 4 is 23.5 Å². The minimum absolute atomic E-state index is 0.0286. The van der Waals surface area contributed by atoms with E-state index in [4.69, 9.17) is 17.3 Å². The number of nitrogens with two attached hydrogens (primary N) is 1. The third kappa shape index (κ3) is 3.88. The lowest BCUT2D eigenvalue weighted by Crippen LogP contribution is -2.46. The van der Waals surface area contributed by atoms with Crippen molar-refractivity contribution in [1.29, 1.82) is 0 Å². The Balaban J connectivity index is 1.91. The van der Waals surface area contributed by atoms with Crippen molar-refractivity contribution in [3.8, 4) is 0 Å². The summed E-state index contributed by atoms with van der Waals surface area (Å²) in [6.45, 7) is 2.80. The number of hydrogen-bond acceptors (Lipinski definition) is 2. The van der Waals surface area contributed by atoms with E-state index in [0.29, 0.717) is 25.9 Å². The fraction of sp³-hybridized carbons (Fsp3) is 0.467. The van der Waals surface area contributed by atoms with Gasteiger partial charge in [-0.2, -0.15) is 0 Å². The Morgan fingerprint density at radius 3 is 2.59 bits per heavy atom. The molecule has 1 aliphatic heterocycles. The predicted molar refractivity (Wildman–Crippen MR) is 81.8 cm³/mol. The number of urea groups is 1. The largest absolute Gasteiger partial charge is 0.369 e. The predicted octanol–water partition coefficient (Wildman–Crippen LogP) is 2.45. The maximum atomic E-state index is 13.2. The Kier molecular flexibility index (Phi) is 5.24. The van der Waals surface area contributed by atoms with Crippen LogP contribution in [0.3, 0.4) is 0 Å². The van der Waals surface area contributed by atoms with Crippen LogP contribution in [-0.4, -0.2) is 29.9 Å². The van der Waals surface area contributed by atoms with Crippen molar-refractivity contribution < 1.29 is 14.0 Å². The molecule has 1 aliphatic rings. The number of benzene rings is 1. The zero-order chi connectivity index (χ0) is 16.3. The number of carbonyl (C=O) groups excluding carboxylic acids is 2. The Bertz CT molecular complexity index is 574. The van der Waals surface area contributed by atoms with E-state index < -0.39 is 5.82 Å². The highest BCUT2D eigenvalue weighted by molar-refractivity contribution is 6.30. The van der Waals surface area contributed by atoms with Gasteiger partial charge in [-0.3, -0.25) is 4.79 Å². The number of nitrogens with one attached hydrogen (secondary N) is 1. The molecule has 22 heavy (non-hydrogen) atoms. The molecule has 1 atom stereocenters. The lowest BCUT2D eigenvalue weighted by Gasteiger charge is -2.31. The normalized spacial score (nSPS) is 17.1. The number of rotatable bonds is 3. The van der Waals surface area contributed by atoms with Gasteiger partial charge in [0.25, 0.3) is 0 Å². The second kappa shape index (κ2) is 6.96. The molecule has 5 nitrogen and oxygen atoms in total. The van der Waals surface area contributed by atoms with Crippen molar-refractivity contribution in [3.63, 3.8) is 0 Å². The van der Waals surface area contributed by atoms with E-state index in [2.05, 4.69) is 5.32 Å². The minimum Gasteiger partial charge on any atom is -0.369 e. The highest BCUT2D eigenvalue weighted by Gasteiger charge is 2.26. The molecule has 1 saturated heterocycles. The van der Waals surface area contributed by atoms with Gasteiger partial charge in [0.05, 0.1) is 11.1 Å². The van der Waals surface area contributed by atoms with Crippen molar-refractivity contribution in [2.24, 2.45) is 11.7 Å². The number of halogens is 2. The first-order chi connectivity index (χ1) is 10.4. The maximum absolute atomic E-state index is 13.2. The van der Waals surface area contributed by atoms with Crippen LogP contribution in [0.25, 0.3) is 0 Å². The van der Waals surface area contributed by atoms with Crippen LogP contribution < -0.4 is 11.1 Å². The van der Waals surface area contributed by atoms with E-state index in [1.54, 1.807) is 17.9 Å². The number of nitrogens with zero attached hydrogens (tertiary/aromatic N) is 1. The molecule has 7 heteroatoms. The molecule has 3 N–H and O–H groups in total. The van der Waals surface area contributed by atoms with E-state index in [1.165, 1.54) is 12.1 Å². The van der Waals surface area contributed by atoms with Crippen molar-refractivity contribution in [1.82, 2.24) is 10.2 Å². The third-order valence-electron chi connectivity index (χ3n) is 3.97. The van der Waals surface area contributed by atoms with Gasteiger partial charge < -0.3 is 16.0 Å². The van der Waals surface area contributed by atoms with E-state index in [0.717, 1.165) is 5.56 Å². The fourth-order valence-electron chi connectivity index (χ4n) is 2.51. The molecule has 0 radical (unpaired) electrons. The fourth-order valence-corrected chi connectivity index (χ4v) is 2.70. The van der Waals surface area contributed by atoms with Crippen LogP contribution in [0.2, 0.25) is 5.02 Å². The molecule has 2 rings (SSSR count). The molecule has 1 fully saturated rings. The van der Waals surface area contributed by atoms with Crippen LogP contribution in [0.5, 0.6) is 0 Å². The van der Waals surface area contributed by atoms with E-state index in [9.17, 15) is 14.0 Å². The first-order valence-corrected chi connectivity index (χ1v) is 7.56. The molecular weight excluding hydrogens is 309 g/mol. The summed E-state index contributed by atoms with van der Waals surface area (Å²) < 4.78 is 13.2. The maximum Gasteiger partial charge on any atom is 0.317 e. The third-order valence-corrected chi connectivity index (χ3v) is 4.26. The van der Waals surface area contributed by atoms with Crippen LogP contribution >= 0.6 is 11.6 Å². The Morgan fingerprint density at radius 1 is 1.41 bits per heavy atom. The monoisotopic (exact) mass is 327 g/mol. The van der Waals surface area contributed by atoms with Crippen molar-refractivity contribution in [3.05, 3.63) is 34.6 Å². The molecule has 0 bridgehead atoms. The number of carbonyl (C=O) groups is 2. The molecule has 0 aromatic heterocycles. The molecule has 1 aromatic carbocycles. The molecule has 0 spiro atoms. The summed E-state index contributed by atoms with van der Waals surface area (Å²) in [5.74, 6) is -0.954. The number of primary amides is 1. The molecule has 1 heterocycles. The summed E-state index contributed by atoms with van der Waals surface area (Å²) >= 11 is 5.75. The number of likely N-dealkylation sites (tertiary alicyclic amines) is 1. The number of piperidine rings is 1. The zero-order valence-electron chi connectivity index (χ0n) is 12.3. The van der Waals surface area contributed by atoms with Crippen molar-refractivity contribution in [2.45, 2.75) is 25.8 Å². The topological polar surface area (TPSA) is 75.4 Å². The zero-order valence-corrected chi connectivity index (χ0v) is 13.1. The number of amides is 3. The lowest BCUT2D eigenvalue weighted by molar-refractivity contribution is -0.123. The second-order valence-electron chi connectivity index (χ2n) is 5.51. The second-order valence-corrected chi connectivity index (χ2v) is 5.92. The summed E-state index contributed by atoms with van der Waals surface area (Å²) in [5.41, 5.74) is 6.00. The van der Waals surface area contributed by atoms with Crippen molar-refractivity contribution in [2.75, 3.05) is 13.1 Å². The molecule has 0 aliphatic carbocycles. The van der Waals surface area contributed by atoms with E-state index >= 15 is 0 Å². The molecule has 1 aromatic rings. The van der Waals surface area contributed by atoms with Gasteiger partial charge in [-0.25, -0.2) is 9.18 Å². The lowest BCUT2D eigenvalue weighted by atomic mass is 9.96. The van der Waals surface area contributed by atoms with Gasteiger partial charge in [-0.15, -0.1) is 0 Å². The van der Waals surface area contributed by atoms with Crippen LogP contribution in [0, 0.1) is 11.7 Å². The Hall–Kier alpha value is -1.82. The Morgan fingerprint density at radius 2 is 2.05 bits per heavy atom. The summed E-state index contributed by atoms with van der Waals surface area (Å²) in [6, 6.07) is 3.86. The van der Waals surface area contributed by atoms with Crippen LogP contribution in [0.1, 0.15) is 31.4 Å². The molecular formula is C15H19ClFN3O2. The average Bonchev–Trinajstić information content (AvgIpc) is 2.50. The standard InChI is InChI=1S/C15H19ClFN3O2/c1-9(11-2-3-13(17)12(16)8-11)19-15(22)20-6-4-10(5-7-20)14(18)21/h2-3,8-10H,4-7H2,1H3,(H2,18,21)(H,19,22). The molecule has 3 amide bonds. The van der Waals surface area contributed by atoms with Crippen LogP contribution in [-0.2, 0) is 4.79 Å². The quantitative estimate of drug-likeness (QED) is 0.894. The van der Waals surface area contributed by atoms with Gasteiger partial charge in [0.1, 0.15) is 5.82 Å². The Labute approximate surface area is 133 Å². The van der Waals surface area contributed by atoms with Gasteiger partial charge in [0, 0.05) is 19.0 Å². The van der Waals surface area contributed by atoms with Gasteiger partial charge in [0.2, 0.25) is 5.91 Å². The van der Waals surface area contributed by atoms with Gasteiger partial charge in [-0.1, -0.05) is 17.7 Å². The number of hydrogen-bond donors (Lipinski definition) is 2. The minimum atomic E-state index is -0.488. The molecule has 1 unspecified atom stereocenters. The summed E-state index contributed by atoms with van der Waals surface area (Å²) in [5, 5.41) is 2.87. The van der Waals surface area contributed by atoms with Crippen LogP contribution in [0.15, 0.2) is 18.2 Å². The highest BCUT2D eigenvalue weighted by atomic mass is 35.5. The first-order valence-electron chi connectivity index (χ1n) is 7.18. The highest BCUT2D eigenvalue weighted by Crippen LogP contribution is 2.22. The van der Waals surface area contributed by atoms with Gasteiger partial charge in [-0.05, 0) is 37.5 Å². The summed E-state index contributed by atoms with van der Waals surface area (Å²) in [4.78, 5) is 25.0. The van der Waals surface area contributed by atoms with Crippen LogP contribution in [0.4, 0.5) is 9.18 Å². The average molecular weight is 328 g/mol. The summed E-state index contributed by atoms with van der Waals surface area (Å²) in [7, 11) is 0. The summed E-state index contributed by atoms with van der Waals surface area (Å²) in [6.07, 6.45) is 1.17. The first kappa shape index (κ1) is 16.5. The molecule has 120 valence electrons. The van der Waals surface area contributed by atoms with E-state index in [1.807, 2.05) is 0 Å².